The summed E-state index contributed by atoms with van der Waals surface area (Å²) < 4.78 is 0. The number of aromatic nitrogens is 1. The van der Waals surface area contributed by atoms with E-state index in [9.17, 15) is 0 Å². The molecule has 9 rings (SSSR count). The summed E-state index contributed by atoms with van der Waals surface area (Å²) in [4.78, 5) is 42.4. The van der Waals surface area contributed by atoms with E-state index in [-0.39, 0.29) is 11.8 Å². The Morgan fingerprint density at radius 3 is 1.67 bits per heavy atom. The van der Waals surface area contributed by atoms with E-state index in [0.717, 1.165) is 39.3 Å². The molecular formula is C42H33N5O2. The van der Waals surface area contributed by atoms with E-state index in [1.54, 1.807) is 6.20 Å². The minimum Gasteiger partial charge on any atom is -0.330 e. The maximum absolute atomic E-state index is 16.0. The highest BCUT2D eigenvalue weighted by Gasteiger charge is 2.78. The molecule has 0 bridgehead atoms. The average Bonchev–Trinajstić information content (AvgIpc) is 3.71. The van der Waals surface area contributed by atoms with Gasteiger partial charge in [-0.3, -0.25) is 19.9 Å². The van der Waals surface area contributed by atoms with Crippen LogP contribution >= 0.6 is 0 Å². The lowest BCUT2D eigenvalue weighted by molar-refractivity contribution is -0.134. The lowest BCUT2D eigenvalue weighted by Gasteiger charge is -2.44. The number of hydrogen-bond acceptors (Lipinski definition) is 5. The van der Waals surface area contributed by atoms with Crippen LogP contribution < -0.4 is 20.0 Å². The molecule has 1 fully saturated rings. The van der Waals surface area contributed by atoms with Crippen molar-refractivity contribution in [2.75, 3.05) is 14.7 Å². The second kappa shape index (κ2) is 11.3. The largest absolute Gasteiger partial charge is 0.330 e. The normalized spacial score (nSPS) is 22.3. The summed E-state index contributed by atoms with van der Waals surface area (Å²) in [5.41, 5.74) is 3.57. The van der Waals surface area contributed by atoms with Gasteiger partial charge in [0.25, 0.3) is 11.8 Å². The van der Waals surface area contributed by atoms with Crippen molar-refractivity contribution in [1.29, 1.82) is 0 Å². The molecule has 1 saturated heterocycles. The van der Waals surface area contributed by atoms with Crippen LogP contribution in [0.1, 0.15) is 34.1 Å². The maximum atomic E-state index is 16.0. The zero-order valence-corrected chi connectivity index (χ0v) is 26.7. The van der Waals surface area contributed by atoms with E-state index in [0.29, 0.717) is 18.8 Å². The second-order valence-corrected chi connectivity index (χ2v) is 12.8. The minimum atomic E-state index is -1.53. The number of carbonyl (C=O) groups excluding carboxylic acids is 2. The summed E-state index contributed by atoms with van der Waals surface area (Å²) in [6.45, 7) is 0.717. The number of nitrogens with one attached hydrogen (secondary N) is 1. The van der Waals surface area contributed by atoms with E-state index in [1.165, 1.54) is 0 Å². The summed E-state index contributed by atoms with van der Waals surface area (Å²) in [5.74, 6) is -0.348. The van der Waals surface area contributed by atoms with Crippen LogP contribution in [0.4, 0.5) is 17.1 Å². The third kappa shape index (κ3) is 4.09. The van der Waals surface area contributed by atoms with Crippen molar-refractivity contribution < 1.29 is 9.59 Å². The van der Waals surface area contributed by atoms with Crippen molar-refractivity contribution in [2.45, 2.75) is 30.3 Å². The smallest absolute Gasteiger partial charge is 0.260 e. The number of nitrogens with zero attached hydrogens (tertiary/aromatic N) is 4. The van der Waals surface area contributed by atoms with Gasteiger partial charge in [-0.25, -0.2) is 0 Å². The van der Waals surface area contributed by atoms with Crippen LogP contribution in [0.3, 0.4) is 0 Å². The van der Waals surface area contributed by atoms with Gasteiger partial charge in [0.05, 0.1) is 24.5 Å². The Hall–Kier alpha value is -6.05. The van der Waals surface area contributed by atoms with Gasteiger partial charge in [0.15, 0.2) is 11.1 Å². The van der Waals surface area contributed by atoms with Crippen LogP contribution in [-0.2, 0) is 33.8 Å². The number of carbonyl (C=O) groups is 2. The van der Waals surface area contributed by atoms with Crippen molar-refractivity contribution in [3.63, 3.8) is 0 Å². The molecule has 3 aliphatic rings. The number of para-hydroxylation sites is 3. The van der Waals surface area contributed by atoms with Crippen molar-refractivity contribution in [1.82, 2.24) is 10.3 Å². The first-order chi connectivity index (χ1) is 24.1. The molecule has 2 amide bonds. The van der Waals surface area contributed by atoms with E-state index >= 15 is 9.59 Å². The number of benzene rings is 5. The van der Waals surface area contributed by atoms with Crippen LogP contribution in [0.5, 0.6) is 0 Å². The van der Waals surface area contributed by atoms with Crippen LogP contribution in [0.2, 0.25) is 0 Å². The Balaban J connectivity index is 1.36. The van der Waals surface area contributed by atoms with Crippen molar-refractivity contribution in [2.24, 2.45) is 0 Å². The fraction of sp³-hybridized carbons (Fsp3) is 0.119. The number of fused-ring (bicyclic) bond motifs is 5. The summed E-state index contributed by atoms with van der Waals surface area (Å²) in [6, 6.07) is 51.6. The van der Waals surface area contributed by atoms with Gasteiger partial charge < -0.3 is 14.7 Å². The molecule has 1 N–H and O–H groups in total. The standard InChI is InChI=1S/C42H33N5O2/c48-39-41(33-22-10-12-25-36(33)45(39)28-30-16-4-1-5-17-30)42(47(32-20-8-3-9-21-32)38(44-41)35-24-14-15-27-43-35)34-23-11-13-26-37(34)46(40(42)49)29-31-18-6-2-7-19-31/h1-27,38,44H,28-29H2/t38-,41+,42+/m1/s1. The molecule has 5 aromatic carbocycles. The predicted molar refractivity (Wildman–Crippen MR) is 191 cm³/mol. The number of pyridine rings is 1. The van der Waals surface area contributed by atoms with Crippen molar-refractivity contribution in [3.8, 4) is 0 Å². The first-order valence-electron chi connectivity index (χ1n) is 16.6. The fourth-order valence-corrected chi connectivity index (χ4v) is 8.24. The highest BCUT2D eigenvalue weighted by atomic mass is 16.2. The number of anilines is 3. The molecule has 7 heteroatoms. The highest BCUT2D eigenvalue weighted by molar-refractivity contribution is 6.20. The van der Waals surface area contributed by atoms with Gasteiger partial charge in [-0.05, 0) is 47.5 Å². The molecule has 7 nitrogen and oxygen atoms in total. The minimum absolute atomic E-state index is 0.169. The third-order valence-electron chi connectivity index (χ3n) is 10.2. The van der Waals surface area contributed by atoms with E-state index in [1.807, 2.05) is 168 Å². The molecular weight excluding hydrogens is 606 g/mol. The second-order valence-electron chi connectivity index (χ2n) is 12.8. The SMILES string of the molecule is O=C1N(Cc2ccccc2)c2ccccc2[C@]12N[C@@H](c1ccccn1)N(c1ccccc1)[C@@]21C(=O)N(Cc2ccccc2)c2ccccc21. The van der Waals surface area contributed by atoms with Crippen LogP contribution in [0, 0.1) is 0 Å². The van der Waals surface area contributed by atoms with Gasteiger partial charge in [-0.15, -0.1) is 0 Å². The zero-order chi connectivity index (χ0) is 33.0. The topological polar surface area (TPSA) is 68.8 Å². The van der Waals surface area contributed by atoms with Crippen molar-refractivity contribution in [3.05, 3.63) is 192 Å². The monoisotopic (exact) mass is 639 g/mol. The lowest BCUT2D eigenvalue weighted by Crippen LogP contribution is -2.65. The first kappa shape index (κ1) is 29.1. The summed E-state index contributed by atoms with van der Waals surface area (Å²) in [7, 11) is 0. The van der Waals surface area contributed by atoms with Gasteiger partial charge in [-0.1, -0.05) is 121 Å². The summed E-state index contributed by atoms with van der Waals surface area (Å²) >= 11 is 0. The molecule has 0 saturated carbocycles. The number of hydrogen-bond donors (Lipinski definition) is 1. The number of amides is 2. The summed E-state index contributed by atoms with van der Waals surface area (Å²) in [5, 5.41) is 3.87. The molecule has 1 aromatic heterocycles. The molecule has 0 unspecified atom stereocenters. The van der Waals surface area contributed by atoms with Gasteiger partial charge in [0.1, 0.15) is 6.17 Å². The number of rotatable bonds is 6. The van der Waals surface area contributed by atoms with E-state index in [4.69, 9.17) is 4.98 Å². The Labute approximate surface area is 285 Å². The Bertz CT molecular complexity index is 2180. The Morgan fingerprint density at radius 1 is 0.551 bits per heavy atom. The van der Waals surface area contributed by atoms with Gasteiger partial charge in [-0.2, -0.15) is 0 Å². The predicted octanol–water partition coefficient (Wildman–Crippen LogP) is 7.07. The summed E-state index contributed by atoms with van der Waals surface area (Å²) in [6.07, 6.45) is 1.13. The Morgan fingerprint density at radius 2 is 1.06 bits per heavy atom. The molecule has 0 aliphatic carbocycles. The Kier molecular flexibility index (Phi) is 6.71. The fourth-order valence-electron chi connectivity index (χ4n) is 8.24. The quantitative estimate of drug-likeness (QED) is 0.211. The van der Waals surface area contributed by atoms with Gasteiger partial charge in [0.2, 0.25) is 0 Å². The molecule has 3 atom stereocenters. The molecule has 0 radical (unpaired) electrons. The lowest BCUT2D eigenvalue weighted by atomic mass is 9.69. The van der Waals surface area contributed by atoms with Crippen LogP contribution in [0.25, 0.3) is 0 Å². The molecule has 2 spiro atoms. The van der Waals surface area contributed by atoms with E-state index in [2.05, 4.69) is 10.2 Å². The third-order valence-corrected chi connectivity index (χ3v) is 10.2. The molecule has 6 aromatic rings. The van der Waals surface area contributed by atoms with Crippen molar-refractivity contribution >= 4 is 28.9 Å². The zero-order valence-electron chi connectivity index (χ0n) is 26.7. The molecule has 49 heavy (non-hydrogen) atoms. The van der Waals surface area contributed by atoms with Gasteiger partial charge in [0, 0.05) is 28.7 Å². The highest BCUT2D eigenvalue weighted by Crippen LogP contribution is 2.64. The average molecular weight is 640 g/mol. The molecule has 4 heterocycles. The van der Waals surface area contributed by atoms with Crippen LogP contribution in [-0.4, -0.2) is 16.8 Å². The van der Waals surface area contributed by atoms with Gasteiger partial charge >= 0.3 is 0 Å². The van der Waals surface area contributed by atoms with E-state index < -0.39 is 17.2 Å². The maximum Gasteiger partial charge on any atom is 0.260 e. The van der Waals surface area contributed by atoms with Crippen LogP contribution in [0.15, 0.2) is 164 Å². The molecule has 238 valence electrons. The molecule has 3 aliphatic heterocycles. The first-order valence-corrected chi connectivity index (χ1v) is 16.6.